The minimum atomic E-state index is -0.338. The molecule has 3 N–H and O–H groups in total. The molecule has 6 heteroatoms. The molecule has 0 aliphatic heterocycles. The van der Waals surface area contributed by atoms with Crippen LogP contribution in [-0.4, -0.2) is 33.6 Å². The summed E-state index contributed by atoms with van der Waals surface area (Å²) >= 11 is 0. The minimum absolute atomic E-state index is 0.176. The van der Waals surface area contributed by atoms with Crippen LogP contribution in [0.2, 0.25) is 0 Å². The van der Waals surface area contributed by atoms with Crippen molar-refractivity contribution in [1.82, 2.24) is 20.4 Å². The van der Waals surface area contributed by atoms with Gasteiger partial charge in [-0.3, -0.25) is 4.68 Å². The van der Waals surface area contributed by atoms with Crippen LogP contribution < -0.4 is 10.6 Å². The van der Waals surface area contributed by atoms with Crippen molar-refractivity contribution in [2.75, 3.05) is 6.54 Å². The van der Waals surface area contributed by atoms with Gasteiger partial charge in [0, 0.05) is 31.4 Å². The van der Waals surface area contributed by atoms with Gasteiger partial charge in [0.05, 0.1) is 11.8 Å². The van der Waals surface area contributed by atoms with Gasteiger partial charge in [0.25, 0.3) is 0 Å². The number of aromatic nitrogens is 2. The van der Waals surface area contributed by atoms with Crippen LogP contribution in [0.25, 0.3) is 0 Å². The molecule has 0 radical (unpaired) electrons. The van der Waals surface area contributed by atoms with Gasteiger partial charge in [-0.25, -0.2) is 4.79 Å². The van der Waals surface area contributed by atoms with E-state index in [1.807, 2.05) is 18.7 Å². The summed E-state index contributed by atoms with van der Waals surface area (Å²) in [5, 5.41) is 19.6. The van der Waals surface area contributed by atoms with Gasteiger partial charge in [-0.05, 0) is 32.1 Å². The third kappa shape index (κ3) is 5.33. The fourth-order valence-electron chi connectivity index (χ4n) is 2.76. The summed E-state index contributed by atoms with van der Waals surface area (Å²) in [6, 6.07) is -0.176. The highest BCUT2D eigenvalue weighted by atomic mass is 16.3. The lowest BCUT2D eigenvalue weighted by Crippen LogP contribution is -2.38. The first-order chi connectivity index (χ1) is 10.4. The fourth-order valence-corrected chi connectivity index (χ4v) is 2.76. The van der Waals surface area contributed by atoms with Crippen molar-refractivity contribution >= 4 is 6.03 Å². The van der Waals surface area contributed by atoms with Crippen LogP contribution in [-0.2, 0) is 26.4 Å². The second kappa shape index (κ2) is 8.78. The number of hydrogen-bond acceptors (Lipinski definition) is 3. The summed E-state index contributed by atoms with van der Waals surface area (Å²) < 4.78 is 1.90. The third-order valence-corrected chi connectivity index (χ3v) is 3.81. The molecule has 1 aromatic rings. The molecule has 1 heterocycles. The molecule has 2 amide bonds. The second-order valence-corrected chi connectivity index (χ2v) is 5.96. The highest BCUT2D eigenvalue weighted by Gasteiger charge is 2.14. The van der Waals surface area contributed by atoms with E-state index in [-0.39, 0.29) is 18.1 Å². The maximum atomic E-state index is 11.9. The van der Waals surface area contributed by atoms with Gasteiger partial charge in [0.2, 0.25) is 0 Å². The Labute approximate surface area is 133 Å². The molecule has 1 aromatic heterocycles. The van der Waals surface area contributed by atoms with E-state index in [2.05, 4.69) is 29.6 Å². The van der Waals surface area contributed by atoms with Gasteiger partial charge in [-0.15, -0.1) is 0 Å². The van der Waals surface area contributed by atoms with Crippen LogP contribution in [0.15, 0.2) is 0 Å². The number of aliphatic hydroxyl groups is 1. The summed E-state index contributed by atoms with van der Waals surface area (Å²) in [6.07, 6.45) is 2.10. The Morgan fingerprint density at radius 3 is 2.50 bits per heavy atom. The zero-order chi connectivity index (χ0) is 16.7. The highest BCUT2D eigenvalue weighted by molar-refractivity contribution is 5.73. The predicted octanol–water partition coefficient (Wildman–Crippen LogP) is 1.75. The summed E-state index contributed by atoms with van der Waals surface area (Å²) in [7, 11) is 1.94. The van der Waals surface area contributed by atoms with Crippen molar-refractivity contribution in [2.24, 2.45) is 13.0 Å². The number of carbonyl (C=O) groups excluding carboxylic acids is 1. The van der Waals surface area contributed by atoms with Crippen LogP contribution in [0, 0.1) is 5.92 Å². The molecule has 22 heavy (non-hydrogen) atoms. The Morgan fingerprint density at radius 2 is 1.95 bits per heavy atom. The van der Waals surface area contributed by atoms with Crippen LogP contribution in [0.5, 0.6) is 0 Å². The van der Waals surface area contributed by atoms with Crippen molar-refractivity contribution in [2.45, 2.75) is 59.6 Å². The molecule has 2 unspecified atom stereocenters. The fraction of sp³-hybridized carbons (Fsp3) is 0.750. The Hall–Kier alpha value is -1.56. The molecule has 0 spiro atoms. The van der Waals surface area contributed by atoms with Gasteiger partial charge >= 0.3 is 6.03 Å². The molecule has 0 aliphatic rings. The molecule has 0 bridgehead atoms. The van der Waals surface area contributed by atoms with E-state index < -0.39 is 0 Å². The number of carbonyl (C=O) groups is 1. The summed E-state index contributed by atoms with van der Waals surface area (Å²) in [6.45, 7) is 9.00. The van der Waals surface area contributed by atoms with Crippen molar-refractivity contribution in [3.05, 3.63) is 17.0 Å². The average Bonchev–Trinajstić information content (AvgIpc) is 2.77. The monoisotopic (exact) mass is 310 g/mol. The van der Waals surface area contributed by atoms with E-state index >= 15 is 0 Å². The van der Waals surface area contributed by atoms with Gasteiger partial charge in [0.1, 0.15) is 0 Å². The van der Waals surface area contributed by atoms with Gasteiger partial charge in [0.15, 0.2) is 0 Å². The summed E-state index contributed by atoms with van der Waals surface area (Å²) in [5.41, 5.74) is 3.33. The van der Waals surface area contributed by atoms with Crippen LogP contribution >= 0.6 is 0 Å². The van der Waals surface area contributed by atoms with Crippen LogP contribution in [0.4, 0.5) is 4.79 Å². The van der Waals surface area contributed by atoms with Crippen molar-refractivity contribution < 1.29 is 9.90 Å². The van der Waals surface area contributed by atoms with E-state index in [4.69, 9.17) is 0 Å². The SMILES string of the molecule is CCc1nn(C)c(CC)c1CNC(=O)NCC(C)CC(C)O. The number of nitrogens with one attached hydrogen (secondary N) is 2. The number of urea groups is 1. The Kier molecular flexibility index (Phi) is 7.38. The number of aryl methyl sites for hydroxylation is 2. The van der Waals surface area contributed by atoms with E-state index in [1.54, 1.807) is 6.92 Å². The standard InChI is InChI=1S/C16H30N4O2/c1-6-14-13(15(7-2)20(5)19-14)10-18-16(22)17-9-11(3)8-12(4)21/h11-12,21H,6-10H2,1-5H3,(H2,17,18,22). The molecular weight excluding hydrogens is 280 g/mol. The maximum Gasteiger partial charge on any atom is 0.315 e. The predicted molar refractivity (Wildman–Crippen MR) is 87.7 cm³/mol. The molecule has 2 atom stereocenters. The van der Waals surface area contributed by atoms with E-state index in [0.29, 0.717) is 19.5 Å². The second-order valence-electron chi connectivity index (χ2n) is 5.96. The molecule has 1 rings (SSSR count). The highest BCUT2D eigenvalue weighted by Crippen LogP contribution is 2.15. The molecular formula is C16H30N4O2. The lowest BCUT2D eigenvalue weighted by Gasteiger charge is -2.15. The quantitative estimate of drug-likeness (QED) is 0.684. The minimum Gasteiger partial charge on any atom is -0.393 e. The molecule has 126 valence electrons. The first kappa shape index (κ1) is 18.5. The zero-order valence-electron chi connectivity index (χ0n) is 14.4. The van der Waals surface area contributed by atoms with Gasteiger partial charge in [-0.2, -0.15) is 5.10 Å². The number of aliphatic hydroxyl groups excluding tert-OH is 1. The van der Waals surface area contributed by atoms with Crippen molar-refractivity contribution in [1.29, 1.82) is 0 Å². The van der Waals surface area contributed by atoms with E-state index in [1.165, 1.54) is 5.69 Å². The normalized spacial score (nSPS) is 13.7. The summed E-state index contributed by atoms with van der Waals surface area (Å²) in [4.78, 5) is 11.9. The third-order valence-electron chi connectivity index (χ3n) is 3.81. The van der Waals surface area contributed by atoms with Crippen LogP contribution in [0.3, 0.4) is 0 Å². The molecule has 0 fully saturated rings. The molecule has 6 nitrogen and oxygen atoms in total. The average molecular weight is 310 g/mol. The van der Waals surface area contributed by atoms with E-state index in [0.717, 1.165) is 24.1 Å². The maximum absolute atomic E-state index is 11.9. The molecule has 0 aliphatic carbocycles. The smallest absolute Gasteiger partial charge is 0.315 e. The van der Waals surface area contributed by atoms with Crippen molar-refractivity contribution in [3.8, 4) is 0 Å². The largest absolute Gasteiger partial charge is 0.393 e. The molecule has 0 saturated carbocycles. The van der Waals surface area contributed by atoms with Gasteiger partial charge < -0.3 is 15.7 Å². The summed E-state index contributed by atoms with van der Waals surface area (Å²) in [5.74, 6) is 0.251. The number of rotatable bonds is 8. The first-order valence-electron chi connectivity index (χ1n) is 8.12. The van der Waals surface area contributed by atoms with Gasteiger partial charge in [-0.1, -0.05) is 20.8 Å². The first-order valence-corrected chi connectivity index (χ1v) is 8.12. The van der Waals surface area contributed by atoms with E-state index in [9.17, 15) is 9.90 Å². The van der Waals surface area contributed by atoms with Crippen LogP contribution in [0.1, 0.15) is 51.1 Å². The zero-order valence-corrected chi connectivity index (χ0v) is 14.4. The lowest BCUT2D eigenvalue weighted by molar-refractivity contribution is 0.163. The van der Waals surface area contributed by atoms with Crippen molar-refractivity contribution in [3.63, 3.8) is 0 Å². The molecule has 0 saturated heterocycles. The number of nitrogens with zero attached hydrogens (tertiary/aromatic N) is 2. The lowest BCUT2D eigenvalue weighted by atomic mass is 10.1. The molecule has 0 aromatic carbocycles. The topological polar surface area (TPSA) is 79.2 Å². The number of amides is 2. The Morgan fingerprint density at radius 1 is 1.27 bits per heavy atom. The Balaban J connectivity index is 2.51. The number of hydrogen-bond donors (Lipinski definition) is 3. The Bertz CT molecular complexity index is 483.